The molecule has 0 unspecified atom stereocenters. The van der Waals surface area contributed by atoms with Gasteiger partial charge in [0.2, 0.25) is 6.29 Å². The molecule has 2 aromatic rings. The minimum Gasteiger partial charge on any atom is -0.508 e. The Kier molecular flexibility index (Phi) is 6.98. The Labute approximate surface area is 176 Å². The van der Waals surface area contributed by atoms with Crippen molar-refractivity contribution in [2.75, 3.05) is 6.61 Å². The minimum atomic E-state index is -1.62. The lowest BCUT2D eigenvalue weighted by Gasteiger charge is -2.39. The molecule has 0 amide bonds. The highest BCUT2D eigenvalue weighted by molar-refractivity contribution is 5.87. The Morgan fingerprint density at radius 2 is 1.65 bits per heavy atom. The summed E-state index contributed by atoms with van der Waals surface area (Å²) in [5, 5.41) is 58.3. The van der Waals surface area contributed by atoms with Gasteiger partial charge in [0.25, 0.3) is 0 Å². The molecule has 0 aromatic heterocycles. The molecule has 1 aliphatic heterocycles. The number of esters is 1. The first-order chi connectivity index (χ1) is 14.7. The average Bonchev–Trinajstić information content (AvgIpc) is 2.75. The number of hydrogen-bond donors (Lipinski definition) is 6. The summed E-state index contributed by atoms with van der Waals surface area (Å²) >= 11 is 0. The smallest absolute Gasteiger partial charge is 0.330 e. The van der Waals surface area contributed by atoms with Crippen LogP contribution in [0.4, 0.5) is 0 Å². The van der Waals surface area contributed by atoms with Crippen LogP contribution in [-0.4, -0.2) is 73.9 Å². The van der Waals surface area contributed by atoms with Crippen molar-refractivity contribution in [3.8, 4) is 23.0 Å². The number of aliphatic hydroxyl groups is 3. The lowest BCUT2D eigenvalue weighted by atomic mass is 9.99. The van der Waals surface area contributed by atoms with E-state index in [9.17, 15) is 35.4 Å². The third-order valence-corrected chi connectivity index (χ3v) is 4.56. The molecule has 31 heavy (non-hydrogen) atoms. The van der Waals surface area contributed by atoms with E-state index in [0.717, 1.165) is 6.08 Å². The molecule has 0 spiro atoms. The molecule has 0 aliphatic carbocycles. The topological polar surface area (TPSA) is 166 Å². The van der Waals surface area contributed by atoms with E-state index >= 15 is 0 Å². The van der Waals surface area contributed by atoms with Gasteiger partial charge in [0.15, 0.2) is 11.5 Å². The van der Waals surface area contributed by atoms with Gasteiger partial charge in [0.1, 0.15) is 42.5 Å². The number of phenolic OH excluding ortho intramolecular Hbond substituents is 3. The maximum absolute atomic E-state index is 11.9. The average molecular weight is 434 g/mol. The van der Waals surface area contributed by atoms with Crippen molar-refractivity contribution in [3.05, 3.63) is 54.1 Å². The quantitative estimate of drug-likeness (QED) is 0.211. The minimum absolute atomic E-state index is 0.00766. The summed E-state index contributed by atoms with van der Waals surface area (Å²) in [6.07, 6.45) is -4.86. The van der Waals surface area contributed by atoms with Crippen LogP contribution in [0.3, 0.4) is 0 Å². The monoisotopic (exact) mass is 434 g/mol. The van der Waals surface area contributed by atoms with Crippen molar-refractivity contribution in [2.24, 2.45) is 0 Å². The third kappa shape index (κ3) is 5.64. The van der Waals surface area contributed by atoms with E-state index < -0.39 is 43.3 Å². The number of benzene rings is 2. The molecule has 166 valence electrons. The summed E-state index contributed by atoms with van der Waals surface area (Å²) in [6.45, 7) is -0.440. The number of ether oxygens (including phenoxy) is 3. The number of aliphatic hydroxyl groups excluding tert-OH is 3. The summed E-state index contributed by atoms with van der Waals surface area (Å²) in [6, 6.07) is 9.53. The summed E-state index contributed by atoms with van der Waals surface area (Å²) in [4.78, 5) is 11.9. The second-order valence-corrected chi connectivity index (χ2v) is 6.84. The summed E-state index contributed by atoms with van der Waals surface area (Å²) < 4.78 is 15.9. The van der Waals surface area contributed by atoms with Crippen LogP contribution in [0.1, 0.15) is 5.56 Å². The fourth-order valence-corrected chi connectivity index (χ4v) is 2.83. The van der Waals surface area contributed by atoms with E-state index in [-0.39, 0.29) is 23.0 Å². The molecule has 3 rings (SSSR count). The van der Waals surface area contributed by atoms with E-state index in [0.29, 0.717) is 5.56 Å². The van der Waals surface area contributed by atoms with Crippen LogP contribution in [-0.2, 0) is 14.3 Å². The Morgan fingerprint density at radius 1 is 0.935 bits per heavy atom. The van der Waals surface area contributed by atoms with Crippen LogP contribution in [0, 0.1) is 0 Å². The largest absolute Gasteiger partial charge is 0.508 e. The molecule has 10 nitrogen and oxygen atoms in total. The van der Waals surface area contributed by atoms with Crippen molar-refractivity contribution in [2.45, 2.75) is 30.7 Å². The molecule has 0 saturated carbocycles. The van der Waals surface area contributed by atoms with Gasteiger partial charge in [-0.2, -0.15) is 0 Å². The van der Waals surface area contributed by atoms with E-state index in [1.807, 2.05) is 0 Å². The van der Waals surface area contributed by atoms with Crippen molar-refractivity contribution >= 4 is 12.0 Å². The van der Waals surface area contributed by atoms with Crippen LogP contribution < -0.4 is 4.74 Å². The number of rotatable bonds is 6. The fraction of sp³-hybridized carbons (Fsp3) is 0.286. The maximum atomic E-state index is 11.9. The van der Waals surface area contributed by atoms with E-state index in [4.69, 9.17) is 14.2 Å². The summed E-state index contributed by atoms with van der Waals surface area (Å²) in [7, 11) is 0. The second-order valence-electron chi connectivity index (χ2n) is 6.84. The van der Waals surface area contributed by atoms with E-state index in [1.165, 1.54) is 48.5 Å². The molecule has 1 fully saturated rings. The van der Waals surface area contributed by atoms with Crippen LogP contribution in [0.15, 0.2) is 48.5 Å². The van der Waals surface area contributed by atoms with Gasteiger partial charge in [-0.25, -0.2) is 4.79 Å². The highest BCUT2D eigenvalue weighted by Crippen LogP contribution is 2.26. The Balaban J connectivity index is 1.58. The molecule has 5 atom stereocenters. The van der Waals surface area contributed by atoms with Gasteiger partial charge in [-0.05, 0) is 48.0 Å². The number of carbonyl (C=O) groups excluding carboxylic acids is 1. The zero-order valence-corrected chi connectivity index (χ0v) is 16.1. The number of hydrogen-bond acceptors (Lipinski definition) is 10. The maximum Gasteiger partial charge on any atom is 0.330 e. The van der Waals surface area contributed by atoms with Crippen molar-refractivity contribution in [1.82, 2.24) is 0 Å². The lowest BCUT2D eigenvalue weighted by molar-refractivity contribution is -0.278. The first-order valence-electron chi connectivity index (χ1n) is 9.27. The summed E-state index contributed by atoms with van der Waals surface area (Å²) in [5.41, 5.74) is 0.433. The van der Waals surface area contributed by atoms with Crippen molar-refractivity contribution in [1.29, 1.82) is 0 Å². The fourth-order valence-electron chi connectivity index (χ4n) is 2.83. The lowest BCUT2D eigenvalue weighted by Crippen LogP contribution is -2.60. The molecule has 6 N–H and O–H groups in total. The first kappa shape index (κ1) is 22.4. The van der Waals surface area contributed by atoms with Gasteiger partial charge >= 0.3 is 5.97 Å². The van der Waals surface area contributed by atoms with Crippen LogP contribution in [0.25, 0.3) is 6.08 Å². The molecular weight excluding hydrogens is 412 g/mol. The normalized spacial score (nSPS) is 26.0. The number of aromatic hydroxyl groups is 3. The Hall–Kier alpha value is -3.31. The highest BCUT2D eigenvalue weighted by Gasteiger charge is 2.45. The van der Waals surface area contributed by atoms with Gasteiger partial charge in [0, 0.05) is 6.08 Å². The number of carbonyl (C=O) groups is 1. The van der Waals surface area contributed by atoms with Gasteiger partial charge in [-0.15, -0.1) is 0 Å². The standard InChI is InChI=1S/C21H22O10/c22-12-3-5-13(6-4-12)30-21-20(28)19(27)18(26)16(31-21)10-29-17(25)8-2-11-1-7-14(23)15(24)9-11/h1-9,16,18-24,26-28H,10H2/b8-2-/t16-,18-,19+,20-,21-/m1/s1. The Bertz CT molecular complexity index is 926. The molecule has 0 bridgehead atoms. The van der Waals surface area contributed by atoms with E-state index in [1.54, 1.807) is 0 Å². The zero-order chi connectivity index (χ0) is 22.5. The SMILES string of the molecule is O=C(/C=C\c1ccc(O)c(O)c1)OC[C@H]1O[C@@H](Oc2ccc(O)cc2)[C@H](O)[C@@H](O)[C@@H]1O. The number of phenols is 3. The van der Waals surface area contributed by atoms with Crippen LogP contribution >= 0.6 is 0 Å². The molecule has 1 heterocycles. The molecule has 0 radical (unpaired) electrons. The summed E-state index contributed by atoms with van der Waals surface area (Å²) in [5.74, 6) is -1.19. The van der Waals surface area contributed by atoms with E-state index in [2.05, 4.69) is 0 Å². The van der Waals surface area contributed by atoms with Crippen molar-refractivity contribution in [3.63, 3.8) is 0 Å². The van der Waals surface area contributed by atoms with Crippen molar-refractivity contribution < 1.29 is 49.6 Å². The Morgan fingerprint density at radius 3 is 2.32 bits per heavy atom. The van der Waals surface area contributed by atoms with Gasteiger partial charge < -0.3 is 44.8 Å². The predicted molar refractivity (Wildman–Crippen MR) is 105 cm³/mol. The van der Waals surface area contributed by atoms with Gasteiger partial charge in [-0.3, -0.25) is 0 Å². The highest BCUT2D eigenvalue weighted by atomic mass is 16.7. The zero-order valence-electron chi connectivity index (χ0n) is 16.1. The molecular formula is C21H22O10. The molecule has 10 heteroatoms. The second kappa shape index (κ2) is 9.67. The van der Waals surface area contributed by atoms with Gasteiger partial charge in [-0.1, -0.05) is 6.07 Å². The molecule has 2 aromatic carbocycles. The third-order valence-electron chi connectivity index (χ3n) is 4.56. The van der Waals surface area contributed by atoms with Crippen LogP contribution in [0.2, 0.25) is 0 Å². The predicted octanol–water partition coefficient (Wildman–Crippen LogP) is 0.246. The van der Waals surface area contributed by atoms with Gasteiger partial charge in [0.05, 0.1) is 0 Å². The first-order valence-corrected chi connectivity index (χ1v) is 9.27. The molecule has 1 aliphatic rings. The van der Waals surface area contributed by atoms with Crippen LogP contribution in [0.5, 0.6) is 23.0 Å². The molecule has 1 saturated heterocycles.